The number of hydrogen-bond acceptors (Lipinski definition) is 6. The summed E-state index contributed by atoms with van der Waals surface area (Å²) in [5.41, 5.74) is 0. The molecule has 4 unspecified atom stereocenters. The van der Waals surface area contributed by atoms with E-state index in [4.69, 9.17) is 23.2 Å². The number of carbonyl (C=O) groups is 3. The van der Waals surface area contributed by atoms with Gasteiger partial charge in [-0.05, 0) is 25.8 Å². The van der Waals surface area contributed by atoms with Crippen molar-refractivity contribution < 1.29 is 19.5 Å². The van der Waals surface area contributed by atoms with Crippen molar-refractivity contribution in [3.8, 4) is 0 Å². The summed E-state index contributed by atoms with van der Waals surface area (Å²) in [6.07, 6.45) is 2.33. The number of nitrogens with one attached hydrogen (secondary N) is 1. The molecule has 0 spiro atoms. The van der Waals surface area contributed by atoms with E-state index in [1.165, 1.54) is 0 Å². The maximum atomic E-state index is 12.5. The monoisotopic (exact) mass is 434 g/mol. The Balaban J connectivity index is 1.88. The van der Waals surface area contributed by atoms with E-state index < -0.39 is 11.9 Å². The van der Waals surface area contributed by atoms with Crippen LogP contribution in [0.15, 0.2) is 0 Å². The lowest BCUT2D eigenvalue weighted by atomic mass is 9.72. The molecule has 28 heavy (non-hydrogen) atoms. The van der Waals surface area contributed by atoms with Gasteiger partial charge in [-0.3, -0.25) is 14.5 Å². The van der Waals surface area contributed by atoms with Crippen LogP contribution >= 0.6 is 23.2 Å². The van der Waals surface area contributed by atoms with Crippen LogP contribution in [0.25, 0.3) is 0 Å². The number of piperidine rings is 1. The molecule has 1 heterocycles. The van der Waals surface area contributed by atoms with Gasteiger partial charge < -0.3 is 20.1 Å². The zero-order valence-corrected chi connectivity index (χ0v) is 17.9. The second-order valence-corrected chi connectivity index (χ2v) is 8.34. The fourth-order valence-corrected chi connectivity index (χ4v) is 4.90. The minimum atomic E-state index is -1.28. The molecule has 0 aromatic rings. The van der Waals surface area contributed by atoms with Gasteiger partial charge in [0.25, 0.3) is 0 Å². The Hall–Kier alpha value is -0.890. The van der Waals surface area contributed by atoms with Crippen molar-refractivity contribution in [3.63, 3.8) is 0 Å². The highest BCUT2D eigenvalue weighted by atomic mass is 35.5. The van der Waals surface area contributed by atoms with Crippen LogP contribution in [0.3, 0.4) is 0 Å². The summed E-state index contributed by atoms with van der Waals surface area (Å²) < 4.78 is 0. The number of carboxylic acid groups (broad SMARTS) is 1. The van der Waals surface area contributed by atoms with Gasteiger partial charge in [-0.2, -0.15) is 0 Å². The van der Waals surface area contributed by atoms with Gasteiger partial charge in [0.15, 0.2) is 0 Å². The number of carboxylic acids is 1. The molecule has 0 aromatic heterocycles. The third kappa shape index (κ3) is 6.05. The molecule has 1 aliphatic carbocycles. The Morgan fingerprint density at radius 1 is 1.21 bits per heavy atom. The number of Topliss-reactive ketones (excluding diaryl/α,β-unsaturated/α-hetero) is 1. The first kappa shape index (κ1) is 23.4. The van der Waals surface area contributed by atoms with Crippen LogP contribution in [0.4, 0.5) is 0 Å². The van der Waals surface area contributed by atoms with Crippen molar-refractivity contribution in [2.24, 2.45) is 11.8 Å². The highest BCUT2D eigenvalue weighted by molar-refractivity contribution is 6.18. The molecule has 160 valence electrons. The first-order chi connectivity index (χ1) is 13.4. The maximum absolute atomic E-state index is 12.5. The summed E-state index contributed by atoms with van der Waals surface area (Å²) >= 11 is 11.6. The van der Waals surface area contributed by atoms with Crippen molar-refractivity contribution in [2.45, 2.75) is 44.7 Å². The Labute approximate surface area is 176 Å². The van der Waals surface area contributed by atoms with Gasteiger partial charge >= 0.3 is 0 Å². The third-order valence-electron chi connectivity index (χ3n) is 5.92. The molecular formula is C19H30Cl2N3O4-. The summed E-state index contributed by atoms with van der Waals surface area (Å²) in [6.45, 7) is 4.83. The zero-order valence-electron chi connectivity index (χ0n) is 16.4. The summed E-state index contributed by atoms with van der Waals surface area (Å²) in [5, 5.41) is 14.4. The lowest BCUT2D eigenvalue weighted by Crippen LogP contribution is -2.61. The Morgan fingerprint density at radius 3 is 2.46 bits per heavy atom. The van der Waals surface area contributed by atoms with E-state index in [-0.39, 0.29) is 36.2 Å². The summed E-state index contributed by atoms with van der Waals surface area (Å²) in [7, 11) is 0. The third-order valence-corrected chi connectivity index (χ3v) is 6.26. The van der Waals surface area contributed by atoms with E-state index in [1.54, 1.807) is 0 Å². The molecule has 2 aliphatic rings. The Bertz CT molecular complexity index is 557. The van der Waals surface area contributed by atoms with Gasteiger partial charge in [0.2, 0.25) is 5.91 Å². The number of carbonyl (C=O) groups excluding carboxylic acids is 3. The van der Waals surface area contributed by atoms with Crippen molar-refractivity contribution >= 4 is 40.9 Å². The van der Waals surface area contributed by atoms with Crippen LogP contribution < -0.4 is 10.4 Å². The number of fused-ring (bicyclic) bond motifs is 1. The molecule has 1 amide bonds. The number of rotatable bonds is 10. The van der Waals surface area contributed by atoms with Crippen LogP contribution in [0, 0.1) is 11.8 Å². The van der Waals surface area contributed by atoms with Gasteiger partial charge in [-0.15, -0.1) is 23.2 Å². The molecule has 1 aliphatic heterocycles. The summed E-state index contributed by atoms with van der Waals surface area (Å²) in [4.78, 5) is 40.3. The molecule has 1 saturated heterocycles. The molecule has 0 radical (unpaired) electrons. The fraction of sp³-hybridized carbons (Fsp3) is 0.842. The van der Waals surface area contributed by atoms with E-state index in [9.17, 15) is 19.5 Å². The van der Waals surface area contributed by atoms with E-state index in [0.29, 0.717) is 63.6 Å². The van der Waals surface area contributed by atoms with Crippen LogP contribution in [0.2, 0.25) is 0 Å². The van der Waals surface area contributed by atoms with Crippen molar-refractivity contribution in [3.05, 3.63) is 0 Å². The molecule has 4 atom stereocenters. The molecule has 7 nitrogen and oxygen atoms in total. The topological polar surface area (TPSA) is 92.8 Å². The average Bonchev–Trinajstić information content (AvgIpc) is 2.66. The number of amides is 1. The number of halogens is 2. The van der Waals surface area contributed by atoms with E-state index in [1.807, 2.05) is 11.8 Å². The van der Waals surface area contributed by atoms with Gasteiger partial charge in [0, 0.05) is 62.4 Å². The van der Waals surface area contributed by atoms with E-state index >= 15 is 0 Å². The number of aliphatic carboxylic acids is 1. The first-order valence-electron chi connectivity index (χ1n) is 10.0. The van der Waals surface area contributed by atoms with Crippen LogP contribution in [0.5, 0.6) is 0 Å². The highest BCUT2D eigenvalue weighted by Gasteiger charge is 2.45. The van der Waals surface area contributed by atoms with Gasteiger partial charge in [0.1, 0.15) is 5.78 Å². The lowest BCUT2D eigenvalue weighted by molar-refractivity contribution is -0.311. The SMILES string of the molecule is CCN1CC(C(=O)[O-])C(=O)C2CCC(NC(=O)CCN(CCCl)CCCl)CC21. The maximum Gasteiger partial charge on any atom is 0.221 e. The minimum Gasteiger partial charge on any atom is -0.549 e. The van der Waals surface area contributed by atoms with E-state index in [2.05, 4.69) is 10.2 Å². The van der Waals surface area contributed by atoms with Gasteiger partial charge in [-0.25, -0.2) is 0 Å². The van der Waals surface area contributed by atoms with E-state index in [0.717, 1.165) is 0 Å². The Kier molecular flexibility index (Phi) is 9.47. The quantitative estimate of drug-likeness (QED) is 0.386. The van der Waals surface area contributed by atoms with Crippen LogP contribution in [-0.2, 0) is 14.4 Å². The number of hydrogen-bond donors (Lipinski definition) is 1. The van der Waals surface area contributed by atoms with Crippen molar-refractivity contribution in [2.75, 3.05) is 44.5 Å². The van der Waals surface area contributed by atoms with Crippen molar-refractivity contribution in [1.82, 2.24) is 15.1 Å². The van der Waals surface area contributed by atoms with Crippen LogP contribution in [0.1, 0.15) is 32.6 Å². The second-order valence-electron chi connectivity index (χ2n) is 7.58. The predicted octanol–water partition coefficient (Wildman–Crippen LogP) is 0.0803. The van der Waals surface area contributed by atoms with Gasteiger partial charge in [-0.1, -0.05) is 6.92 Å². The largest absolute Gasteiger partial charge is 0.549 e. The number of likely N-dealkylation sites (tertiary alicyclic amines) is 1. The predicted molar refractivity (Wildman–Crippen MR) is 106 cm³/mol. The molecule has 9 heteroatoms. The van der Waals surface area contributed by atoms with Crippen molar-refractivity contribution in [1.29, 1.82) is 0 Å². The molecule has 0 bridgehead atoms. The normalized spacial score (nSPS) is 28.2. The molecule has 1 N–H and O–H groups in total. The number of ketones is 1. The minimum absolute atomic E-state index is 0.00427. The molecule has 2 rings (SSSR count). The molecule has 2 fully saturated rings. The number of nitrogens with zero attached hydrogens (tertiary/aromatic N) is 2. The first-order valence-corrected chi connectivity index (χ1v) is 11.1. The highest BCUT2D eigenvalue weighted by Crippen LogP contribution is 2.35. The Morgan fingerprint density at radius 2 is 1.89 bits per heavy atom. The number of alkyl halides is 2. The second kappa shape index (κ2) is 11.3. The smallest absolute Gasteiger partial charge is 0.221 e. The lowest BCUT2D eigenvalue weighted by Gasteiger charge is -2.47. The zero-order chi connectivity index (χ0) is 20.7. The van der Waals surface area contributed by atoms with Gasteiger partial charge in [0.05, 0.1) is 11.9 Å². The summed E-state index contributed by atoms with van der Waals surface area (Å²) in [5.74, 6) is -1.84. The fourth-order valence-electron chi connectivity index (χ4n) is 4.42. The van der Waals surface area contributed by atoms with Crippen LogP contribution in [-0.4, -0.2) is 84.0 Å². The standard InChI is InChI=1S/C19H31Cl2N3O4/c1-2-24-12-15(19(27)28)18(26)14-4-3-13(11-16(14)24)22-17(25)5-8-23(9-6-20)10-7-21/h13-16H,2-12H2,1H3,(H,22,25)(H,27,28)/p-1. The molecule has 1 saturated carbocycles. The molecule has 0 aromatic carbocycles. The summed E-state index contributed by atoms with van der Waals surface area (Å²) in [6, 6.07) is -0.0132. The molecular weight excluding hydrogens is 405 g/mol. The average molecular weight is 435 g/mol.